The zero-order valence-electron chi connectivity index (χ0n) is 8.30. The van der Waals surface area contributed by atoms with Crippen molar-refractivity contribution in [1.29, 1.82) is 0 Å². The smallest absolute Gasteiger partial charge is 0.159 e. The molecule has 0 saturated heterocycles. The molecule has 1 atom stereocenters. The third-order valence-electron chi connectivity index (χ3n) is 2.18. The van der Waals surface area contributed by atoms with Gasteiger partial charge in [-0.3, -0.25) is 0 Å². The van der Waals surface area contributed by atoms with Gasteiger partial charge in [-0.1, -0.05) is 6.07 Å². The molecule has 0 radical (unpaired) electrons. The summed E-state index contributed by atoms with van der Waals surface area (Å²) in [5.74, 6) is -1.66. The lowest BCUT2D eigenvalue weighted by Gasteiger charge is -2.22. The number of rotatable bonds is 3. The Morgan fingerprint density at radius 1 is 1.29 bits per heavy atom. The Labute approximate surface area is 82.3 Å². The Morgan fingerprint density at radius 3 is 2.36 bits per heavy atom. The van der Waals surface area contributed by atoms with Crippen LogP contribution in [0.15, 0.2) is 18.2 Å². The minimum absolute atomic E-state index is 0.0786. The lowest BCUT2D eigenvalue weighted by molar-refractivity contribution is 0.304. The van der Waals surface area contributed by atoms with E-state index in [-0.39, 0.29) is 6.04 Å². The molecule has 0 heterocycles. The first-order valence-electron chi connectivity index (χ1n) is 4.37. The molecule has 1 rings (SSSR count). The van der Waals surface area contributed by atoms with Crippen molar-refractivity contribution in [2.45, 2.75) is 6.04 Å². The Morgan fingerprint density at radius 2 is 1.93 bits per heavy atom. The van der Waals surface area contributed by atoms with E-state index in [9.17, 15) is 8.78 Å². The summed E-state index contributed by atoms with van der Waals surface area (Å²) in [7, 11) is 3.69. The number of nitrogens with zero attached hydrogens (tertiary/aromatic N) is 1. The van der Waals surface area contributed by atoms with Crippen LogP contribution in [0, 0.1) is 11.6 Å². The second-order valence-electron chi connectivity index (χ2n) is 3.39. The van der Waals surface area contributed by atoms with E-state index in [2.05, 4.69) is 0 Å². The lowest BCUT2D eigenvalue weighted by Crippen LogP contribution is -2.27. The minimum atomic E-state index is -0.831. The molecule has 2 N–H and O–H groups in total. The van der Waals surface area contributed by atoms with E-state index in [1.165, 1.54) is 6.07 Å². The van der Waals surface area contributed by atoms with E-state index < -0.39 is 11.6 Å². The number of benzene rings is 1. The zero-order valence-corrected chi connectivity index (χ0v) is 8.30. The van der Waals surface area contributed by atoms with E-state index in [4.69, 9.17) is 5.73 Å². The number of hydrogen-bond acceptors (Lipinski definition) is 2. The van der Waals surface area contributed by atoms with Crippen LogP contribution in [0.5, 0.6) is 0 Å². The summed E-state index contributed by atoms with van der Waals surface area (Å²) in [4.78, 5) is 1.87. The highest BCUT2D eigenvalue weighted by Gasteiger charge is 2.13. The van der Waals surface area contributed by atoms with Crippen LogP contribution in [0.2, 0.25) is 0 Å². The van der Waals surface area contributed by atoms with Crippen molar-refractivity contribution in [3.05, 3.63) is 35.4 Å². The third-order valence-corrected chi connectivity index (χ3v) is 2.18. The topological polar surface area (TPSA) is 29.3 Å². The summed E-state index contributed by atoms with van der Waals surface area (Å²) in [5.41, 5.74) is 6.23. The minimum Gasteiger partial charge on any atom is -0.329 e. The summed E-state index contributed by atoms with van der Waals surface area (Å²) >= 11 is 0. The van der Waals surface area contributed by atoms with Crippen LogP contribution in [0.3, 0.4) is 0 Å². The fraction of sp³-hybridized carbons (Fsp3) is 0.400. The molecule has 1 aromatic carbocycles. The van der Waals surface area contributed by atoms with E-state index in [1.807, 2.05) is 19.0 Å². The molecule has 1 aromatic rings. The molecule has 0 aliphatic rings. The fourth-order valence-electron chi connectivity index (χ4n) is 1.36. The highest BCUT2D eigenvalue weighted by molar-refractivity contribution is 5.21. The Bertz CT molecular complexity index is 313. The third kappa shape index (κ3) is 2.27. The van der Waals surface area contributed by atoms with Crippen molar-refractivity contribution in [3.8, 4) is 0 Å². The molecular formula is C10H14F2N2. The largest absolute Gasteiger partial charge is 0.329 e. The van der Waals surface area contributed by atoms with Crippen molar-refractivity contribution in [3.63, 3.8) is 0 Å². The second kappa shape index (κ2) is 4.48. The highest BCUT2D eigenvalue weighted by atomic mass is 19.2. The molecule has 1 unspecified atom stereocenters. The van der Waals surface area contributed by atoms with Crippen molar-refractivity contribution in [1.82, 2.24) is 4.90 Å². The molecule has 0 bridgehead atoms. The normalized spacial score (nSPS) is 13.3. The maximum Gasteiger partial charge on any atom is 0.159 e. The maximum atomic E-state index is 12.9. The summed E-state index contributed by atoms with van der Waals surface area (Å²) in [6.45, 7) is 0.373. The standard InChI is InChI=1S/C10H14F2N2/c1-14(2)10(6-13)7-3-4-8(11)9(12)5-7/h3-5,10H,6,13H2,1-2H3. The first-order valence-corrected chi connectivity index (χ1v) is 4.37. The lowest BCUT2D eigenvalue weighted by atomic mass is 10.1. The summed E-state index contributed by atoms with van der Waals surface area (Å²) in [6, 6.07) is 3.78. The van der Waals surface area contributed by atoms with Crippen LogP contribution in [-0.2, 0) is 0 Å². The number of halogens is 2. The van der Waals surface area contributed by atoms with Crippen molar-refractivity contribution in [2.75, 3.05) is 20.6 Å². The van der Waals surface area contributed by atoms with Gasteiger partial charge in [0.25, 0.3) is 0 Å². The van der Waals surface area contributed by atoms with Crippen LogP contribution in [-0.4, -0.2) is 25.5 Å². The first-order chi connectivity index (χ1) is 6.56. The molecule has 14 heavy (non-hydrogen) atoms. The van der Waals surface area contributed by atoms with Gasteiger partial charge < -0.3 is 10.6 Å². The van der Waals surface area contributed by atoms with Gasteiger partial charge in [0, 0.05) is 12.6 Å². The van der Waals surface area contributed by atoms with E-state index in [0.29, 0.717) is 12.1 Å². The molecule has 0 saturated carbocycles. The van der Waals surface area contributed by atoms with Gasteiger partial charge in [-0.25, -0.2) is 8.78 Å². The van der Waals surface area contributed by atoms with Crippen molar-refractivity contribution >= 4 is 0 Å². The number of likely N-dealkylation sites (N-methyl/N-ethyl adjacent to an activating group) is 1. The van der Waals surface area contributed by atoms with Gasteiger partial charge in [0.1, 0.15) is 0 Å². The Hall–Kier alpha value is -1.00. The van der Waals surface area contributed by atoms with E-state index in [0.717, 1.165) is 6.07 Å². The summed E-state index contributed by atoms with van der Waals surface area (Å²) in [5, 5.41) is 0. The summed E-state index contributed by atoms with van der Waals surface area (Å²) < 4.78 is 25.6. The highest BCUT2D eigenvalue weighted by Crippen LogP contribution is 2.18. The zero-order chi connectivity index (χ0) is 10.7. The van der Waals surface area contributed by atoms with Crippen LogP contribution < -0.4 is 5.73 Å². The van der Waals surface area contributed by atoms with Gasteiger partial charge in [-0.05, 0) is 31.8 Å². The molecule has 4 heteroatoms. The predicted octanol–water partition coefficient (Wildman–Crippen LogP) is 1.53. The van der Waals surface area contributed by atoms with Gasteiger partial charge >= 0.3 is 0 Å². The van der Waals surface area contributed by atoms with Crippen LogP contribution >= 0.6 is 0 Å². The molecule has 0 aliphatic heterocycles. The van der Waals surface area contributed by atoms with Crippen LogP contribution in [0.4, 0.5) is 8.78 Å². The van der Waals surface area contributed by atoms with Gasteiger partial charge in [0.05, 0.1) is 0 Å². The maximum absolute atomic E-state index is 12.9. The van der Waals surface area contributed by atoms with E-state index in [1.54, 1.807) is 6.07 Å². The molecule has 0 fully saturated rings. The number of hydrogen-bond donors (Lipinski definition) is 1. The van der Waals surface area contributed by atoms with Gasteiger partial charge in [0.2, 0.25) is 0 Å². The average molecular weight is 200 g/mol. The molecule has 0 aromatic heterocycles. The molecule has 2 nitrogen and oxygen atoms in total. The van der Waals surface area contributed by atoms with Gasteiger partial charge in [0.15, 0.2) is 11.6 Å². The van der Waals surface area contributed by atoms with Crippen LogP contribution in [0.25, 0.3) is 0 Å². The molecule has 0 amide bonds. The van der Waals surface area contributed by atoms with Gasteiger partial charge in [-0.2, -0.15) is 0 Å². The molecule has 0 aliphatic carbocycles. The van der Waals surface area contributed by atoms with Crippen LogP contribution in [0.1, 0.15) is 11.6 Å². The fourth-order valence-corrected chi connectivity index (χ4v) is 1.36. The quantitative estimate of drug-likeness (QED) is 0.801. The Balaban J connectivity index is 3.00. The molecular weight excluding hydrogens is 186 g/mol. The predicted molar refractivity (Wildman–Crippen MR) is 51.8 cm³/mol. The monoisotopic (exact) mass is 200 g/mol. The summed E-state index contributed by atoms with van der Waals surface area (Å²) in [6.07, 6.45) is 0. The SMILES string of the molecule is CN(C)C(CN)c1ccc(F)c(F)c1. The molecule has 78 valence electrons. The second-order valence-corrected chi connectivity index (χ2v) is 3.39. The average Bonchev–Trinajstić information content (AvgIpc) is 2.11. The van der Waals surface area contributed by atoms with E-state index >= 15 is 0 Å². The Kier molecular flexibility index (Phi) is 3.55. The molecule has 0 spiro atoms. The first kappa shape index (κ1) is 11.1. The van der Waals surface area contributed by atoms with Crippen molar-refractivity contribution in [2.24, 2.45) is 5.73 Å². The number of nitrogens with two attached hydrogens (primary N) is 1. The van der Waals surface area contributed by atoms with Gasteiger partial charge in [-0.15, -0.1) is 0 Å². The van der Waals surface area contributed by atoms with Crippen molar-refractivity contribution < 1.29 is 8.78 Å².